The van der Waals surface area contributed by atoms with Crippen LogP contribution in [0.15, 0.2) is 12.7 Å². The van der Waals surface area contributed by atoms with Gasteiger partial charge in [0.15, 0.2) is 5.88 Å². The molecule has 0 rings (SSSR count). The van der Waals surface area contributed by atoms with E-state index >= 15 is 0 Å². The quantitative estimate of drug-likeness (QED) is 0.430. The average molecular weight is 182 g/mol. The van der Waals surface area contributed by atoms with Crippen molar-refractivity contribution in [2.24, 2.45) is 0 Å². The Morgan fingerprint density at radius 1 is 1.70 bits per heavy atom. The van der Waals surface area contributed by atoms with E-state index in [0.717, 1.165) is 0 Å². The van der Waals surface area contributed by atoms with E-state index in [1.807, 2.05) is 0 Å². The van der Waals surface area contributed by atoms with Gasteiger partial charge in [0, 0.05) is 7.05 Å². The second-order valence-corrected chi connectivity index (χ2v) is 4.26. The van der Waals surface area contributed by atoms with Crippen LogP contribution in [-0.2, 0) is 22.7 Å². The summed E-state index contributed by atoms with van der Waals surface area (Å²) in [6.07, 6.45) is 1.37. The Bertz CT molecular complexity index is 198. The van der Waals surface area contributed by atoms with Crippen molar-refractivity contribution < 1.29 is 8.42 Å². The van der Waals surface area contributed by atoms with Crippen LogP contribution < -0.4 is 0 Å². The van der Waals surface area contributed by atoms with E-state index in [9.17, 15) is 8.42 Å². The first kappa shape index (κ1) is 10.0. The van der Waals surface area contributed by atoms with Crippen molar-refractivity contribution in [2.75, 3.05) is 18.7 Å². The molecule has 0 N–H and O–H groups in total. The van der Waals surface area contributed by atoms with Gasteiger partial charge in [0.1, 0.15) is 0 Å². The van der Waals surface area contributed by atoms with E-state index in [2.05, 4.69) is 19.2 Å². The van der Waals surface area contributed by atoms with Crippen LogP contribution in [0.2, 0.25) is 0 Å². The maximum absolute atomic E-state index is 11.0. The fourth-order valence-corrected chi connectivity index (χ4v) is 1.71. The van der Waals surface area contributed by atoms with E-state index in [4.69, 9.17) is 0 Å². The Kier molecular flexibility index (Phi) is 4.00. The van der Waals surface area contributed by atoms with Gasteiger partial charge in [-0.2, -0.15) is 4.31 Å². The number of rotatable bonds is 4. The lowest BCUT2D eigenvalue weighted by Crippen LogP contribution is -2.28. The molecular weight excluding hydrogens is 170 g/mol. The molecule has 0 spiro atoms. The largest absolute Gasteiger partial charge is 0.221 e. The molecule has 0 fully saturated rings. The van der Waals surface area contributed by atoms with Gasteiger partial charge in [0.25, 0.3) is 0 Å². The Hall–Kier alpha value is -0.0000000000000000555. The summed E-state index contributed by atoms with van der Waals surface area (Å²) in [5, 5.41) is 0. The van der Waals surface area contributed by atoms with Gasteiger partial charge in [-0.15, -0.1) is 6.58 Å². The number of nitrogens with zero attached hydrogens (tertiary/aromatic N) is 1. The second-order valence-electron chi connectivity index (χ2n) is 1.82. The highest BCUT2D eigenvalue weighted by molar-refractivity contribution is 7.89. The van der Waals surface area contributed by atoms with Crippen LogP contribution in [-0.4, -0.2) is 31.4 Å². The highest BCUT2D eigenvalue weighted by Gasteiger charge is 2.15. The summed E-state index contributed by atoms with van der Waals surface area (Å²) >= 11 is 3.08. The maximum Gasteiger partial charge on any atom is 0.221 e. The molecule has 60 valence electrons. The molecule has 0 aromatic carbocycles. The zero-order valence-corrected chi connectivity index (χ0v) is 7.69. The summed E-state index contributed by atoms with van der Waals surface area (Å²) in [5.41, 5.74) is 0. The van der Waals surface area contributed by atoms with Gasteiger partial charge in [-0.05, 0) is 12.6 Å². The van der Waals surface area contributed by atoms with Crippen molar-refractivity contribution in [1.29, 1.82) is 0 Å². The van der Waals surface area contributed by atoms with Gasteiger partial charge >= 0.3 is 0 Å². The molecule has 0 heterocycles. The lowest BCUT2D eigenvalue weighted by atomic mass is 10.8. The van der Waals surface area contributed by atoms with Gasteiger partial charge in [0.2, 0.25) is 10.0 Å². The molecular formula is C5H12NO2S2+. The predicted octanol–water partition coefficient (Wildman–Crippen LogP) is -0.597. The lowest BCUT2D eigenvalue weighted by molar-refractivity contribution is 0.516. The number of hydrogen-bond acceptors (Lipinski definition) is 2. The first-order valence-electron chi connectivity index (χ1n) is 2.74. The highest BCUT2D eigenvalue weighted by atomic mass is 32.2. The minimum Gasteiger partial charge on any atom is -0.212 e. The third-order valence-electron chi connectivity index (χ3n) is 1.03. The van der Waals surface area contributed by atoms with Crippen LogP contribution >= 0.6 is 0 Å². The maximum atomic E-state index is 11.0. The smallest absolute Gasteiger partial charge is 0.212 e. The Labute approximate surface area is 67.2 Å². The van der Waals surface area contributed by atoms with Crippen LogP contribution in [0.4, 0.5) is 0 Å². The zero-order valence-electron chi connectivity index (χ0n) is 5.87. The van der Waals surface area contributed by atoms with Crippen molar-refractivity contribution in [3.8, 4) is 0 Å². The van der Waals surface area contributed by atoms with E-state index in [0.29, 0.717) is 5.88 Å². The molecule has 0 radical (unpaired) electrons. The monoisotopic (exact) mass is 182 g/mol. The topological polar surface area (TPSA) is 37.4 Å². The third-order valence-corrected chi connectivity index (χ3v) is 3.47. The lowest BCUT2D eigenvalue weighted by Gasteiger charge is -2.08. The minimum absolute atomic E-state index is 0.00597. The summed E-state index contributed by atoms with van der Waals surface area (Å²) in [5.74, 6) is 0.310. The third kappa shape index (κ3) is 2.72. The van der Waals surface area contributed by atoms with E-state index in [-0.39, 0.29) is 5.75 Å². The van der Waals surface area contributed by atoms with Crippen molar-refractivity contribution in [1.82, 2.24) is 4.31 Å². The molecule has 0 aliphatic carbocycles. The van der Waals surface area contributed by atoms with Crippen molar-refractivity contribution in [3.05, 3.63) is 12.7 Å². The molecule has 10 heavy (non-hydrogen) atoms. The number of sulfonamides is 1. The molecule has 0 amide bonds. The normalized spacial score (nSPS) is 11.9. The Balaban J connectivity index is 4.25. The SMILES string of the molecule is C=CCS(=O)(=O)N(C)C[SH2+]. The summed E-state index contributed by atoms with van der Waals surface area (Å²) in [7, 11) is -1.59. The molecule has 0 atom stereocenters. The van der Waals surface area contributed by atoms with Crippen LogP contribution in [0.1, 0.15) is 0 Å². The predicted molar refractivity (Wildman–Crippen MR) is 46.8 cm³/mol. The van der Waals surface area contributed by atoms with Crippen LogP contribution in [0.25, 0.3) is 0 Å². The molecule has 0 aromatic rings. The summed E-state index contributed by atoms with van der Waals surface area (Å²) < 4.78 is 23.2. The van der Waals surface area contributed by atoms with Crippen LogP contribution in [0.3, 0.4) is 0 Å². The summed E-state index contributed by atoms with van der Waals surface area (Å²) in [6.45, 7) is 3.34. The zero-order chi connectivity index (χ0) is 8.20. The minimum atomic E-state index is -3.09. The van der Waals surface area contributed by atoms with Gasteiger partial charge in [-0.1, -0.05) is 6.08 Å². The Morgan fingerprint density at radius 3 is 2.50 bits per heavy atom. The Morgan fingerprint density at radius 2 is 2.20 bits per heavy atom. The van der Waals surface area contributed by atoms with Crippen molar-refractivity contribution in [3.63, 3.8) is 0 Å². The molecule has 0 saturated carbocycles. The van der Waals surface area contributed by atoms with Crippen LogP contribution in [0, 0.1) is 0 Å². The molecule has 0 unspecified atom stereocenters. The van der Waals surface area contributed by atoms with E-state index in [1.165, 1.54) is 17.4 Å². The standard InChI is InChI=1S/C5H11NO2S2/c1-3-4-10(7,8)6(2)5-9/h3,9H,1,4-5H2,2H3/p+1. The molecule has 0 aliphatic heterocycles. The highest BCUT2D eigenvalue weighted by Crippen LogP contribution is 1.95. The first-order chi connectivity index (χ1) is 4.54. The van der Waals surface area contributed by atoms with Gasteiger partial charge in [-0.25, -0.2) is 8.42 Å². The fourth-order valence-electron chi connectivity index (χ4n) is 0.375. The summed E-state index contributed by atoms with van der Waals surface area (Å²) in [4.78, 5) is 0. The first-order valence-corrected chi connectivity index (χ1v) is 5.05. The van der Waals surface area contributed by atoms with E-state index < -0.39 is 10.0 Å². The molecule has 0 aromatic heterocycles. The van der Waals surface area contributed by atoms with Crippen molar-refractivity contribution in [2.45, 2.75) is 0 Å². The van der Waals surface area contributed by atoms with Gasteiger partial charge in [-0.3, -0.25) is 0 Å². The van der Waals surface area contributed by atoms with Crippen LogP contribution in [0.5, 0.6) is 0 Å². The van der Waals surface area contributed by atoms with Gasteiger partial charge in [0.05, 0.1) is 5.75 Å². The number of hydrogen-bond donors (Lipinski definition) is 0. The molecule has 0 saturated heterocycles. The second kappa shape index (κ2) is 4.00. The molecule has 0 bridgehead atoms. The van der Waals surface area contributed by atoms with Crippen molar-refractivity contribution >= 4 is 22.7 Å². The fraction of sp³-hybridized carbons (Fsp3) is 0.600. The van der Waals surface area contributed by atoms with Gasteiger partial charge < -0.3 is 0 Å². The summed E-state index contributed by atoms with van der Waals surface area (Å²) in [6, 6.07) is 0. The van der Waals surface area contributed by atoms with E-state index in [1.54, 1.807) is 0 Å². The molecule has 3 nitrogen and oxygen atoms in total. The molecule has 5 heteroatoms. The average Bonchev–Trinajstić information content (AvgIpc) is 1.86. The molecule has 0 aliphatic rings.